The number of hydrogen-bond acceptors (Lipinski definition) is 2. The van der Waals surface area contributed by atoms with Gasteiger partial charge in [-0.2, -0.15) is 0 Å². The van der Waals surface area contributed by atoms with Crippen molar-refractivity contribution in [2.75, 3.05) is 6.61 Å². The molecule has 1 fully saturated rings. The first-order valence-corrected chi connectivity index (χ1v) is 8.72. The number of hydrogen-bond donors (Lipinski definition) is 1. The molecule has 2 aliphatic rings. The minimum absolute atomic E-state index is 0.0405. The maximum Gasteiger partial charge on any atom is 0.0832 e. The van der Waals surface area contributed by atoms with Gasteiger partial charge in [-0.3, -0.25) is 0 Å². The third kappa shape index (κ3) is 3.02. The van der Waals surface area contributed by atoms with Gasteiger partial charge in [-0.25, -0.2) is 0 Å². The van der Waals surface area contributed by atoms with Crippen LogP contribution in [0.5, 0.6) is 0 Å². The Kier molecular flexibility index (Phi) is 4.66. The SMILES string of the molecule is CCOC1(C(N)CC2CCCc3ccccc32)CCCC1. The Hall–Kier alpha value is -0.860. The molecule has 0 amide bonds. The van der Waals surface area contributed by atoms with Crippen molar-refractivity contribution >= 4 is 0 Å². The van der Waals surface area contributed by atoms with Gasteiger partial charge in [0.1, 0.15) is 0 Å². The monoisotopic (exact) mass is 287 g/mol. The molecule has 2 heteroatoms. The average molecular weight is 287 g/mol. The van der Waals surface area contributed by atoms with E-state index >= 15 is 0 Å². The largest absolute Gasteiger partial charge is 0.374 e. The Bertz CT molecular complexity index is 464. The van der Waals surface area contributed by atoms with Gasteiger partial charge in [0.2, 0.25) is 0 Å². The highest BCUT2D eigenvalue weighted by molar-refractivity contribution is 5.32. The fourth-order valence-electron chi connectivity index (χ4n) is 4.50. The van der Waals surface area contributed by atoms with Crippen LogP contribution in [0.1, 0.15) is 68.9 Å². The lowest BCUT2D eigenvalue weighted by Gasteiger charge is -2.38. The molecular formula is C19H29NO. The van der Waals surface area contributed by atoms with Crippen LogP contribution in [-0.2, 0) is 11.2 Å². The van der Waals surface area contributed by atoms with Crippen molar-refractivity contribution in [3.05, 3.63) is 35.4 Å². The molecule has 2 aliphatic carbocycles. The zero-order valence-corrected chi connectivity index (χ0v) is 13.3. The maximum absolute atomic E-state index is 6.66. The molecule has 0 bridgehead atoms. The topological polar surface area (TPSA) is 35.2 Å². The quantitative estimate of drug-likeness (QED) is 0.882. The van der Waals surface area contributed by atoms with Crippen molar-refractivity contribution in [3.63, 3.8) is 0 Å². The van der Waals surface area contributed by atoms with E-state index in [-0.39, 0.29) is 11.6 Å². The molecule has 116 valence electrons. The van der Waals surface area contributed by atoms with Crippen molar-refractivity contribution in [2.24, 2.45) is 5.73 Å². The second-order valence-corrected chi connectivity index (χ2v) is 6.84. The maximum atomic E-state index is 6.66. The second kappa shape index (κ2) is 6.50. The molecule has 2 nitrogen and oxygen atoms in total. The predicted octanol–water partition coefficient (Wildman–Crippen LogP) is 4.17. The van der Waals surface area contributed by atoms with Crippen LogP contribution in [0.3, 0.4) is 0 Å². The van der Waals surface area contributed by atoms with Crippen LogP contribution < -0.4 is 5.73 Å². The Morgan fingerprint density at radius 2 is 2.00 bits per heavy atom. The van der Waals surface area contributed by atoms with Gasteiger partial charge in [0.05, 0.1) is 5.60 Å². The van der Waals surface area contributed by atoms with Crippen LogP contribution in [0, 0.1) is 0 Å². The van der Waals surface area contributed by atoms with Gasteiger partial charge >= 0.3 is 0 Å². The minimum atomic E-state index is -0.0405. The Morgan fingerprint density at radius 1 is 1.24 bits per heavy atom. The van der Waals surface area contributed by atoms with Gasteiger partial charge in [-0.15, -0.1) is 0 Å². The van der Waals surface area contributed by atoms with E-state index in [0.29, 0.717) is 5.92 Å². The van der Waals surface area contributed by atoms with Crippen LogP contribution in [-0.4, -0.2) is 18.2 Å². The van der Waals surface area contributed by atoms with E-state index in [1.165, 1.54) is 37.7 Å². The molecule has 0 aromatic heterocycles. The summed E-state index contributed by atoms with van der Waals surface area (Å²) in [7, 11) is 0. The summed E-state index contributed by atoms with van der Waals surface area (Å²) < 4.78 is 6.16. The van der Waals surface area contributed by atoms with Crippen LogP contribution in [0.15, 0.2) is 24.3 Å². The van der Waals surface area contributed by atoms with E-state index in [1.807, 2.05) is 0 Å². The summed E-state index contributed by atoms with van der Waals surface area (Å²) in [6.07, 6.45) is 9.75. The molecule has 3 rings (SSSR count). The second-order valence-electron chi connectivity index (χ2n) is 6.84. The zero-order valence-electron chi connectivity index (χ0n) is 13.3. The average Bonchev–Trinajstić information content (AvgIpc) is 2.98. The predicted molar refractivity (Wildman–Crippen MR) is 87.5 cm³/mol. The van der Waals surface area contributed by atoms with E-state index in [9.17, 15) is 0 Å². The van der Waals surface area contributed by atoms with E-state index in [1.54, 1.807) is 5.56 Å². The lowest BCUT2D eigenvalue weighted by atomic mass is 9.76. The Labute approximate surface area is 129 Å². The Morgan fingerprint density at radius 3 is 2.76 bits per heavy atom. The third-order valence-electron chi connectivity index (χ3n) is 5.59. The van der Waals surface area contributed by atoms with Gasteiger partial charge in [0.25, 0.3) is 0 Å². The number of ether oxygens (including phenoxy) is 1. The van der Waals surface area contributed by atoms with Crippen molar-refractivity contribution in [3.8, 4) is 0 Å². The van der Waals surface area contributed by atoms with Crippen LogP contribution in [0.25, 0.3) is 0 Å². The normalized spacial score (nSPS) is 25.5. The first-order chi connectivity index (χ1) is 10.2. The fourth-order valence-corrected chi connectivity index (χ4v) is 4.50. The van der Waals surface area contributed by atoms with E-state index in [2.05, 4.69) is 31.2 Å². The summed E-state index contributed by atoms with van der Waals surface area (Å²) in [5.74, 6) is 0.628. The number of rotatable bonds is 5. The number of benzene rings is 1. The highest BCUT2D eigenvalue weighted by atomic mass is 16.5. The molecule has 0 saturated heterocycles. The number of nitrogens with two attached hydrogens (primary N) is 1. The molecule has 21 heavy (non-hydrogen) atoms. The number of aryl methyl sites for hydroxylation is 1. The highest BCUT2D eigenvalue weighted by Gasteiger charge is 2.41. The smallest absolute Gasteiger partial charge is 0.0832 e. The van der Waals surface area contributed by atoms with Crippen molar-refractivity contribution in [1.82, 2.24) is 0 Å². The third-order valence-corrected chi connectivity index (χ3v) is 5.59. The molecule has 1 aromatic carbocycles. The van der Waals surface area contributed by atoms with Gasteiger partial charge in [-0.1, -0.05) is 37.1 Å². The van der Waals surface area contributed by atoms with Crippen LogP contribution in [0.2, 0.25) is 0 Å². The fraction of sp³-hybridized carbons (Fsp3) is 0.684. The number of fused-ring (bicyclic) bond motifs is 1. The molecule has 0 radical (unpaired) electrons. The minimum Gasteiger partial charge on any atom is -0.374 e. The lowest BCUT2D eigenvalue weighted by molar-refractivity contribution is -0.0558. The summed E-state index contributed by atoms with van der Waals surface area (Å²) in [4.78, 5) is 0. The lowest BCUT2D eigenvalue weighted by Crippen LogP contribution is -2.49. The summed E-state index contributed by atoms with van der Waals surface area (Å²) in [5, 5.41) is 0. The van der Waals surface area contributed by atoms with Crippen LogP contribution >= 0.6 is 0 Å². The summed E-state index contributed by atoms with van der Waals surface area (Å²) in [6.45, 7) is 2.89. The van der Waals surface area contributed by atoms with E-state index in [0.717, 1.165) is 25.9 Å². The highest BCUT2D eigenvalue weighted by Crippen LogP contribution is 2.41. The molecule has 0 spiro atoms. The van der Waals surface area contributed by atoms with Gasteiger partial charge < -0.3 is 10.5 Å². The molecule has 0 heterocycles. The first-order valence-electron chi connectivity index (χ1n) is 8.72. The van der Waals surface area contributed by atoms with E-state index in [4.69, 9.17) is 10.5 Å². The molecular weight excluding hydrogens is 258 g/mol. The zero-order chi connectivity index (χ0) is 14.7. The molecule has 1 saturated carbocycles. The summed E-state index contributed by atoms with van der Waals surface area (Å²) in [6, 6.07) is 9.13. The van der Waals surface area contributed by atoms with E-state index < -0.39 is 0 Å². The van der Waals surface area contributed by atoms with Crippen molar-refractivity contribution in [2.45, 2.75) is 75.9 Å². The van der Waals surface area contributed by atoms with Gasteiger partial charge in [-0.05, 0) is 62.5 Å². The first kappa shape index (κ1) is 15.1. The Balaban J connectivity index is 1.74. The molecule has 2 N–H and O–H groups in total. The van der Waals surface area contributed by atoms with Gasteiger partial charge in [0.15, 0.2) is 0 Å². The molecule has 2 unspecified atom stereocenters. The standard InChI is InChI=1S/C19H29NO/c1-2-21-19(12-5-6-13-19)18(20)14-16-10-7-9-15-8-3-4-11-17(15)16/h3-4,8,11,16,18H,2,5-7,9-10,12-14,20H2,1H3. The van der Waals surface area contributed by atoms with Crippen molar-refractivity contribution in [1.29, 1.82) is 0 Å². The molecule has 0 aliphatic heterocycles. The summed E-state index contributed by atoms with van der Waals surface area (Å²) in [5.41, 5.74) is 9.71. The summed E-state index contributed by atoms with van der Waals surface area (Å²) >= 11 is 0. The molecule has 2 atom stereocenters. The van der Waals surface area contributed by atoms with Crippen LogP contribution in [0.4, 0.5) is 0 Å². The molecule has 1 aromatic rings. The van der Waals surface area contributed by atoms with Gasteiger partial charge in [0, 0.05) is 12.6 Å². The van der Waals surface area contributed by atoms with Crippen molar-refractivity contribution < 1.29 is 4.74 Å².